The molecule has 1 rings (SSSR count). The number of nitrogens with one attached hydrogen (secondary N) is 1. The summed E-state index contributed by atoms with van der Waals surface area (Å²) >= 11 is 0. The topological polar surface area (TPSA) is 47.6 Å². The smallest absolute Gasteiger partial charge is 0.325 e. The highest BCUT2D eigenvalue weighted by Crippen LogP contribution is 2.02. The molecule has 1 heterocycles. The van der Waals surface area contributed by atoms with Gasteiger partial charge in [-0.15, -0.1) is 0 Å². The third-order valence-electron chi connectivity index (χ3n) is 1.31. The van der Waals surface area contributed by atoms with Gasteiger partial charge in [0.25, 0.3) is 0 Å². The van der Waals surface area contributed by atoms with Crippen molar-refractivity contribution in [3.05, 3.63) is 0 Å². The van der Waals surface area contributed by atoms with Crippen LogP contribution < -0.4 is 5.48 Å². The maximum Gasteiger partial charge on any atom is 0.325 e. The summed E-state index contributed by atoms with van der Waals surface area (Å²) in [4.78, 5) is 15.7. The van der Waals surface area contributed by atoms with E-state index in [0.717, 1.165) is 0 Å². The second-order valence-corrected chi connectivity index (χ2v) is 2.06. The molecule has 0 radical (unpaired) electrons. The minimum Gasteiger partial charge on any atom is -0.465 e. The molecule has 0 bridgehead atoms. The van der Waals surface area contributed by atoms with Crippen LogP contribution in [0.25, 0.3) is 0 Å². The fraction of sp³-hybridized carbons (Fsp3) is 0.833. The van der Waals surface area contributed by atoms with Gasteiger partial charge in [-0.05, 0) is 6.92 Å². The lowest BCUT2D eigenvalue weighted by Gasteiger charge is -2.05. The summed E-state index contributed by atoms with van der Waals surface area (Å²) in [5.74, 6) is -0.222. The first-order valence-corrected chi connectivity index (χ1v) is 3.38. The van der Waals surface area contributed by atoms with E-state index in [4.69, 9.17) is 9.57 Å². The van der Waals surface area contributed by atoms with Crippen LogP contribution in [0.5, 0.6) is 0 Å². The van der Waals surface area contributed by atoms with Gasteiger partial charge >= 0.3 is 5.97 Å². The van der Waals surface area contributed by atoms with E-state index in [9.17, 15) is 4.79 Å². The minimum atomic E-state index is -0.250. The number of hydrogen-bond donors (Lipinski definition) is 1. The molecule has 0 aliphatic carbocycles. The van der Waals surface area contributed by atoms with Gasteiger partial charge in [-0.2, -0.15) is 5.48 Å². The molecular formula is C6H11NO3. The predicted molar refractivity (Wildman–Crippen MR) is 34.1 cm³/mol. The van der Waals surface area contributed by atoms with E-state index in [1.165, 1.54) is 0 Å². The lowest BCUT2D eigenvalue weighted by molar-refractivity contribution is -0.146. The normalized spacial score (nSPS) is 24.7. The van der Waals surface area contributed by atoms with Gasteiger partial charge in [0.15, 0.2) is 0 Å². The largest absolute Gasteiger partial charge is 0.465 e. The van der Waals surface area contributed by atoms with Crippen LogP contribution in [-0.4, -0.2) is 25.2 Å². The summed E-state index contributed by atoms with van der Waals surface area (Å²) in [5, 5.41) is 0. The van der Waals surface area contributed by atoms with E-state index in [1.54, 1.807) is 6.92 Å². The Morgan fingerprint density at radius 2 is 2.70 bits per heavy atom. The molecule has 1 unspecified atom stereocenters. The zero-order chi connectivity index (χ0) is 7.40. The van der Waals surface area contributed by atoms with Gasteiger partial charge in [-0.3, -0.25) is 4.79 Å². The number of carbonyl (C=O) groups is 1. The maximum absolute atomic E-state index is 10.9. The molecule has 4 nitrogen and oxygen atoms in total. The average molecular weight is 145 g/mol. The molecule has 1 aliphatic heterocycles. The molecule has 58 valence electrons. The van der Waals surface area contributed by atoms with Crippen molar-refractivity contribution in [3.8, 4) is 0 Å². The highest BCUT2D eigenvalue weighted by Gasteiger charge is 2.23. The molecule has 4 heteroatoms. The summed E-state index contributed by atoms with van der Waals surface area (Å²) in [5.41, 5.74) is 2.57. The fourth-order valence-corrected chi connectivity index (χ4v) is 0.804. The lowest BCUT2D eigenvalue weighted by Crippen LogP contribution is -2.31. The van der Waals surface area contributed by atoms with Crippen molar-refractivity contribution in [2.24, 2.45) is 0 Å². The summed E-state index contributed by atoms with van der Waals surface area (Å²) in [6, 6.07) is -0.250. The number of ether oxygens (including phenoxy) is 1. The Hall–Kier alpha value is -0.610. The first-order chi connectivity index (χ1) is 4.84. The molecule has 1 aliphatic rings. The van der Waals surface area contributed by atoms with Crippen LogP contribution in [0.2, 0.25) is 0 Å². The molecule has 0 spiro atoms. The lowest BCUT2D eigenvalue weighted by atomic mass is 10.2. The van der Waals surface area contributed by atoms with E-state index in [2.05, 4.69) is 5.48 Å². The van der Waals surface area contributed by atoms with Gasteiger partial charge in [0.1, 0.15) is 6.04 Å². The number of rotatable bonds is 2. The summed E-state index contributed by atoms with van der Waals surface area (Å²) in [6.07, 6.45) is 0.707. The Bertz CT molecular complexity index is 120. The Kier molecular flexibility index (Phi) is 2.65. The van der Waals surface area contributed by atoms with E-state index in [1.807, 2.05) is 0 Å². The van der Waals surface area contributed by atoms with Crippen LogP contribution in [0.15, 0.2) is 0 Å². The first-order valence-electron chi connectivity index (χ1n) is 3.38. The Balaban J connectivity index is 2.25. The van der Waals surface area contributed by atoms with Crippen LogP contribution in [0.4, 0.5) is 0 Å². The highest BCUT2D eigenvalue weighted by atomic mass is 16.7. The van der Waals surface area contributed by atoms with Crippen LogP contribution in [-0.2, 0) is 14.4 Å². The van der Waals surface area contributed by atoms with Crippen molar-refractivity contribution in [3.63, 3.8) is 0 Å². The third kappa shape index (κ3) is 1.68. The van der Waals surface area contributed by atoms with E-state index < -0.39 is 0 Å². The number of esters is 1. The van der Waals surface area contributed by atoms with E-state index in [0.29, 0.717) is 19.6 Å². The van der Waals surface area contributed by atoms with Gasteiger partial charge in [0, 0.05) is 6.42 Å². The average Bonchev–Trinajstić information content (AvgIpc) is 2.38. The second-order valence-electron chi connectivity index (χ2n) is 2.06. The Morgan fingerprint density at radius 1 is 1.90 bits per heavy atom. The quantitative estimate of drug-likeness (QED) is 0.548. The molecule has 0 aromatic rings. The summed E-state index contributed by atoms with van der Waals surface area (Å²) < 4.78 is 4.74. The minimum absolute atomic E-state index is 0.222. The van der Waals surface area contributed by atoms with Crippen LogP contribution in [0.1, 0.15) is 13.3 Å². The molecular weight excluding hydrogens is 134 g/mol. The number of hydroxylamine groups is 1. The summed E-state index contributed by atoms with van der Waals surface area (Å²) in [6.45, 7) is 2.80. The SMILES string of the molecule is CCOC(=O)C1CCON1. The Morgan fingerprint density at radius 3 is 3.20 bits per heavy atom. The van der Waals surface area contributed by atoms with E-state index in [-0.39, 0.29) is 12.0 Å². The number of carbonyl (C=O) groups excluding carboxylic acids is 1. The van der Waals surface area contributed by atoms with Gasteiger partial charge < -0.3 is 9.57 Å². The molecule has 1 saturated heterocycles. The van der Waals surface area contributed by atoms with Gasteiger partial charge in [0.2, 0.25) is 0 Å². The zero-order valence-corrected chi connectivity index (χ0v) is 5.92. The predicted octanol–water partition coefficient (Wildman–Crippen LogP) is -0.157. The van der Waals surface area contributed by atoms with Gasteiger partial charge in [-0.1, -0.05) is 0 Å². The monoisotopic (exact) mass is 145 g/mol. The molecule has 0 saturated carbocycles. The number of hydrogen-bond acceptors (Lipinski definition) is 4. The molecule has 0 aromatic heterocycles. The van der Waals surface area contributed by atoms with Gasteiger partial charge in [-0.25, -0.2) is 0 Å². The standard InChI is InChI=1S/C6H11NO3/c1-2-9-6(8)5-3-4-10-7-5/h5,7H,2-4H2,1H3. The van der Waals surface area contributed by atoms with Crippen molar-refractivity contribution in [1.82, 2.24) is 5.48 Å². The Labute approximate surface area is 59.5 Å². The van der Waals surface area contributed by atoms with Crippen molar-refractivity contribution in [1.29, 1.82) is 0 Å². The molecule has 0 aromatic carbocycles. The highest BCUT2D eigenvalue weighted by molar-refractivity contribution is 5.75. The zero-order valence-electron chi connectivity index (χ0n) is 5.92. The summed E-state index contributed by atoms with van der Waals surface area (Å²) in [7, 11) is 0. The molecule has 1 fully saturated rings. The van der Waals surface area contributed by atoms with Gasteiger partial charge in [0.05, 0.1) is 13.2 Å². The van der Waals surface area contributed by atoms with E-state index >= 15 is 0 Å². The first kappa shape index (κ1) is 7.50. The van der Waals surface area contributed by atoms with Crippen molar-refractivity contribution >= 4 is 5.97 Å². The molecule has 0 amide bonds. The molecule has 10 heavy (non-hydrogen) atoms. The van der Waals surface area contributed by atoms with Crippen molar-refractivity contribution < 1.29 is 14.4 Å². The maximum atomic E-state index is 10.9. The fourth-order valence-electron chi connectivity index (χ4n) is 0.804. The molecule has 1 atom stereocenters. The van der Waals surface area contributed by atoms with Crippen LogP contribution >= 0.6 is 0 Å². The van der Waals surface area contributed by atoms with Crippen LogP contribution in [0, 0.1) is 0 Å². The second kappa shape index (κ2) is 3.53. The van der Waals surface area contributed by atoms with Crippen LogP contribution in [0.3, 0.4) is 0 Å². The van der Waals surface area contributed by atoms with Crippen molar-refractivity contribution in [2.75, 3.05) is 13.2 Å². The third-order valence-corrected chi connectivity index (χ3v) is 1.31. The van der Waals surface area contributed by atoms with Crippen molar-refractivity contribution in [2.45, 2.75) is 19.4 Å². The molecule has 1 N–H and O–H groups in total.